The van der Waals surface area contributed by atoms with Crippen LogP contribution < -0.4 is 34.4 Å². The van der Waals surface area contributed by atoms with Gasteiger partial charge in [-0.2, -0.15) is 0 Å². The van der Waals surface area contributed by atoms with Crippen LogP contribution in [0.1, 0.15) is 0 Å². The minimum absolute atomic E-state index is 0. The average Bonchev–Trinajstić information content (AvgIpc) is 2.42. The Balaban J connectivity index is 0.00000112. The molecular weight excluding hydrogens is 245 g/mol. The fraction of sp³-hybridized carbons (Fsp3) is 0.125. The molecule has 1 atom stereocenters. The van der Waals surface area contributed by atoms with Crippen LogP contribution in [0.3, 0.4) is 0 Å². The molecule has 1 heterocycles. The van der Waals surface area contributed by atoms with Gasteiger partial charge in [-0.15, -0.1) is 0 Å². The molecule has 0 aliphatic carbocycles. The van der Waals surface area contributed by atoms with Crippen molar-refractivity contribution >= 4 is 32.6 Å². The number of aromatic nitrogens is 1. The standard InChI is InChI=1S/C8H7NO3S2.Na/c1-9-6-3-2-5(14(11)12)4-7(6)13-8(9)10;/h2-4H,1H3,(H,11,12);/q;+1/p-1. The van der Waals surface area contributed by atoms with Crippen LogP contribution in [0, 0.1) is 0 Å². The van der Waals surface area contributed by atoms with Crippen LogP contribution in [0.4, 0.5) is 0 Å². The van der Waals surface area contributed by atoms with E-state index in [1.165, 1.54) is 16.7 Å². The van der Waals surface area contributed by atoms with Crippen LogP contribution in [0.25, 0.3) is 10.2 Å². The molecule has 0 fully saturated rings. The molecule has 0 saturated carbocycles. The number of thiazole rings is 1. The number of nitrogens with zero attached hydrogens (tertiary/aromatic N) is 1. The van der Waals surface area contributed by atoms with E-state index in [0.717, 1.165) is 16.9 Å². The number of fused-ring (bicyclic) bond motifs is 1. The molecule has 15 heavy (non-hydrogen) atoms. The third kappa shape index (κ3) is 2.41. The number of rotatable bonds is 1. The first kappa shape index (κ1) is 13.1. The Hall–Kier alpha value is 0.0200. The predicted octanol–water partition coefficient (Wildman–Crippen LogP) is -2.16. The Labute approximate surface area is 115 Å². The van der Waals surface area contributed by atoms with Gasteiger partial charge in [0, 0.05) is 11.9 Å². The van der Waals surface area contributed by atoms with Crippen molar-refractivity contribution in [2.75, 3.05) is 0 Å². The molecule has 4 nitrogen and oxygen atoms in total. The molecule has 1 unspecified atom stereocenters. The molecule has 0 aliphatic rings. The van der Waals surface area contributed by atoms with E-state index in [2.05, 4.69) is 0 Å². The van der Waals surface area contributed by atoms with Gasteiger partial charge in [0.25, 0.3) is 0 Å². The molecule has 0 spiro atoms. The van der Waals surface area contributed by atoms with E-state index in [1.807, 2.05) is 0 Å². The van der Waals surface area contributed by atoms with Gasteiger partial charge in [-0.25, -0.2) is 0 Å². The first-order valence-corrected chi connectivity index (χ1v) is 5.67. The van der Waals surface area contributed by atoms with Crippen LogP contribution in [-0.2, 0) is 18.1 Å². The van der Waals surface area contributed by atoms with Gasteiger partial charge >= 0.3 is 34.4 Å². The molecule has 0 aliphatic heterocycles. The number of aryl methyl sites for hydroxylation is 1. The monoisotopic (exact) mass is 251 g/mol. The summed E-state index contributed by atoms with van der Waals surface area (Å²) in [6.45, 7) is 0. The molecular formula is C8H6NNaO3S2. The van der Waals surface area contributed by atoms with E-state index in [-0.39, 0.29) is 39.3 Å². The normalized spacial score (nSPS) is 12.4. The predicted molar refractivity (Wildman–Crippen MR) is 54.3 cm³/mol. The van der Waals surface area contributed by atoms with Crippen molar-refractivity contribution < 1.29 is 38.3 Å². The van der Waals surface area contributed by atoms with Crippen molar-refractivity contribution in [1.29, 1.82) is 0 Å². The SMILES string of the molecule is Cn1c(=O)sc2cc(S(=O)[O-])ccc21.[Na+]. The second-order valence-electron chi connectivity index (χ2n) is 2.79. The molecule has 1 aromatic heterocycles. The summed E-state index contributed by atoms with van der Waals surface area (Å²) in [6.07, 6.45) is 0. The minimum Gasteiger partial charge on any atom is -0.768 e. The van der Waals surface area contributed by atoms with Crippen molar-refractivity contribution in [3.05, 3.63) is 27.9 Å². The number of hydrogen-bond acceptors (Lipinski definition) is 4. The fourth-order valence-electron chi connectivity index (χ4n) is 1.22. The summed E-state index contributed by atoms with van der Waals surface area (Å²) in [6, 6.07) is 4.63. The fourth-order valence-corrected chi connectivity index (χ4v) is 2.60. The summed E-state index contributed by atoms with van der Waals surface area (Å²) < 4.78 is 23.5. The van der Waals surface area contributed by atoms with Crippen LogP contribution in [0.2, 0.25) is 0 Å². The number of benzene rings is 1. The maximum Gasteiger partial charge on any atom is 1.00 e. The van der Waals surface area contributed by atoms with E-state index in [0.29, 0.717) is 4.70 Å². The van der Waals surface area contributed by atoms with Crippen LogP contribution >= 0.6 is 11.3 Å². The van der Waals surface area contributed by atoms with Gasteiger partial charge in [0.15, 0.2) is 0 Å². The first-order chi connectivity index (χ1) is 6.59. The Morgan fingerprint density at radius 1 is 1.47 bits per heavy atom. The molecule has 0 amide bonds. The van der Waals surface area contributed by atoms with E-state index < -0.39 is 11.1 Å². The Morgan fingerprint density at radius 2 is 2.13 bits per heavy atom. The molecule has 0 radical (unpaired) electrons. The van der Waals surface area contributed by atoms with Crippen molar-refractivity contribution in [3.63, 3.8) is 0 Å². The largest absolute Gasteiger partial charge is 1.00 e. The van der Waals surface area contributed by atoms with E-state index >= 15 is 0 Å². The molecule has 2 rings (SSSR count). The minimum atomic E-state index is -2.24. The number of hydrogen-bond donors (Lipinski definition) is 0. The van der Waals surface area contributed by atoms with Crippen LogP contribution in [0.5, 0.6) is 0 Å². The van der Waals surface area contributed by atoms with Crippen LogP contribution in [0.15, 0.2) is 27.9 Å². The Kier molecular flexibility index (Phi) is 4.28. The average molecular weight is 251 g/mol. The zero-order chi connectivity index (χ0) is 10.3. The topological polar surface area (TPSA) is 62.1 Å². The van der Waals surface area contributed by atoms with Crippen molar-refractivity contribution in [1.82, 2.24) is 4.57 Å². The zero-order valence-electron chi connectivity index (χ0n) is 8.22. The van der Waals surface area contributed by atoms with Gasteiger partial charge in [0.2, 0.25) is 0 Å². The summed E-state index contributed by atoms with van der Waals surface area (Å²) in [7, 11) is 1.66. The van der Waals surface area contributed by atoms with E-state index in [4.69, 9.17) is 0 Å². The molecule has 74 valence electrons. The molecule has 0 bridgehead atoms. The maximum atomic E-state index is 11.2. The Bertz CT molecular complexity index is 575. The molecule has 1 aromatic carbocycles. The molecule has 0 saturated heterocycles. The summed E-state index contributed by atoms with van der Waals surface area (Å²) in [4.78, 5) is 11.4. The van der Waals surface area contributed by atoms with Gasteiger partial charge in [-0.05, 0) is 29.3 Å². The van der Waals surface area contributed by atoms with Gasteiger partial charge in [-0.3, -0.25) is 9.00 Å². The van der Waals surface area contributed by atoms with Gasteiger partial charge in [-0.1, -0.05) is 11.3 Å². The van der Waals surface area contributed by atoms with Crippen molar-refractivity contribution in [2.45, 2.75) is 4.90 Å². The summed E-state index contributed by atoms with van der Waals surface area (Å²) >= 11 is -1.19. The molecule has 2 aromatic rings. The van der Waals surface area contributed by atoms with Crippen molar-refractivity contribution in [3.8, 4) is 0 Å². The Morgan fingerprint density at radius 3 is 2.73 bits per heavy atom. The van der Waals surface area contributed by atoms with E-state index in [1.54, 1.807) is 13.1 Å². The smallest absolute Gasteiger partial charge is 0.768 e. The van der Waals surface area contributed by atoms with Gasteiger partial charge < -0.3 is 9.12 Å². The quantitative estimate of drug-likeness (QED) is 0.428. The molecule has 0 N–H and O–H groups in total. The third-order valence-electron chi connectivity index (χ3n) is 1.96. The third-order valence-corrected chi connectivity index (χ3v) is 3.59. The van der Waals surface area contributed by atoms with Gasteiger partial charge in [0.05, 0.1) is 10.2 Å². The summed E-state index contributed by atoms with van der Waals surface area (Å²) in [5.74, 6) is 0. The van der Waals surface area contributed by atoms with Crippen molar-refractivity contribution in [2.24, 2.45) is 7.05 Å². The summed E-state index contributed by atoms with van der Waals surface area (Å²) in [5.41, 5.74) is 0.759. The maximum absolute atomic E-state index is 11.2. The molecule has 7 heteroatoms. The van der Waals surface area contributed by atoms with Gasteiger partial charge in [0.1, 0.15) is 0 Å². The second-order valence-corrected chi connectivity index (χ2v) is 4.73. The first-order valence-electron chi connectivity index (χ1n) is 3.78. The van der Waals surface area contributed by atoms with E-state index in [9.17, 15) is 13.6 Å². The second kappa shape index (κ2) is 4.90. The summed E-state index contributed by atoms with van der Waals surface area (Å²) in [5, 5.41) is 0. The zero-order valence-corrected chi connectivity index (χ0v) is 11.9. The van der Waals surface area contributed by atoms with Crippen LogP contribution in [-0.4, -0.2) is 13.3 Å².